The number of aliphatic carboxylic acids is 1. The van der Waals surface area contributed by atoms with E-state index in [1.165, 1.54) is 155 Å². The summed E-state index contributed by atoms with van der Waals surface area (Å²) >= 11 is 0. The molecule has 0 radical (unpaired) electrons. The van der Waals surface area contributed by atoms with Gasteiger partial charge < -0.3 is 34.2 Å². The molecule has 0 amide bonds. The molecule has 11 nitrogen and oxygen atoms in total. The van der Waals surface area contributed by atoms with Crippen molar-refractivity contribution in [1.82, 2.24) is 9.80 Å². The second-order valence-corrected chi connectivity index (χ2v) is 23.2. The number of aliphatic hydroxyl groups is 1. The number of carbonyl (C=O) groups excluding carboxylic acids is 3. The molecule has 0 aliphatic heterocycles. The number of allylic oxidation sites excluding steroid dienone is 8. The lowest BCUT2D eigenvalue weighted by Gasteiger charge is -2.18. The lowest BCUT2D eigenvalue weighted by Crippen LogP contribution is -2.20. The van der Waals surface area contributed by atoms with Crippen LogP contribution in [0.3, 0.4) is 0 Å². The van der Waals surface area contributed by atoms with Gasteiger partial charge in [0, 0.05) is 25.7 Å². The molecule has 81 heavy (non-hydrogen) atoms. The van der Waals surface area contributed by atoms with Gasteiger partial charge in [-0.2, -0.15) is 0 Å². The van der Waals surface area contributed by atoms with Gasteiger partial charge in [-0.3, -0.25) is 19.2 Å². The van der Waals surface area contributed by atoms with Gasteiger partial charge in [-0.15, -0.1) is 0 Å². The Morgan fingerprint density at radius 2 is 0.667 bits per heavy atom. The van der Waals surface area contributed by atoms with Crippen molar-refractivity contribution in [2.24, 2.45) is 0 Å². The Kier molecular flexibility index (Phi) is 70.0. The summed E-state index contributed by atoms with van der Waals surface area (Å²) < 4.78 is 15.3. The van der Waals surface area contributed by atoms with E-state index in [0.717, 1.165) is 142 Å². The summed E-state index contributed by atoms with van der Waals surface area (Å²) in [4.78, 5) is 48.7. The predicted octanol–water partition coefficient (Wildman–Crippen LogP) is 19.0. The topological polar surface area (TPSA) is 143 Å². The van der Waals surface area contributed by atoms with Crippen LogP contribution in [-0.4, -0.2) is 112 Å². The average Bonchev–Trinajstić information content (AvgIpc) is 3.43. The first-order valence-corrected chi connectivity index (χ1v) is 33.4. The van der Waals surface area contributed by atoms with Crippen molar-refractivity contribution in [1.29, 1.82) is 0 Å². The van der Waals surface area contributed by atoms with Gasteiger partial charge in [-0.1, -0.05) is 204 Å². The quantitative estimate of drug-likeness (QED) is 0.0260. The van der Waals surface area contributed by atoms with E-state index < -0.39 is 5.97 Å². The summed E-state index contributed by atoms with van der Waals surface area (Å²) in [6.07, 6.45) is 69.5. The number of rotatable bonds is 57. The minimum absolute atomic E-state index is 0.0398. The lowest BCUT2D eigenvalue weighted by atomic mass is 10.0. The smallest absolute Gasteiger partial charge is 0.306 e. The Hall–Kier alpha value is -3.28. The Morgan fingerprint density at radius 1 is 0.370 bits per heavy atom. The molecule has 0 aromatic heterocycles. The molecule has 2 unspecified atom stereocenters. The second-order valence-electron chi connectivity index (χ2n) is 23.2. The third-order valence-electron chi connectivity index (χ3n) is 14.5. The van der Waals surface area contributed by atoms with E-state index in [2.05, 4.69) is 72.1 Å². The van der Waals surface area contributed by atoms with Crippen LogP contribution in [0.5, 0.6) is 0 Å². The van der Waals surface area contributed by atoms with Crippen molar-refractivity contribution >= 4 is 23.9 Å². The normalized spacial score (nSPS) is 12.3. The Balaban J connectivity index is -0.00000132. The number of nitrogens with zero attached hydrogens (tertiary/aromatic N) is 2. The highest BCUT2D eigenvalue weighted by Crippen LogP contribution is 2.19. The maximum atomic E-state index is 12.4. The molecule has 0 bridgehead atoms. The Bertz CT molecular complexity index is 1460. The molecular weight excluding hydrogens is 1010 g/mol. The molecule has 0 heterocycles. The van der Waals surface area contributed by atoms with E-state index in [-0.39, 0.29) is 36.5 Å². The molecule has 0 aromatic carbocycles. The van der Waals surface area contributed by atoms with Crippen LogP contribution in [0.15, 0.2) is 48.6 Å². The third-order valence-corrected chi connectivity index (χ3v) is 14.5. The molecule has 2 atom stereocenters. The number of esters is 3. The van der Waals surface area contributed by atoms with Crippen LogP contribution in [0, 0.1) is 0 Å². The zero-order valence-corrected chi connectivity index (χ0v) is 54.4. The summed E-state index contributed by atoms with van der Waals surface area (Å²) in [6, 6.07) is 0. The minimum Gasteiger partial charge on any atom is -0.481 e. The fourth-order valence-electron chi connectivity index (χ4n) is 9.37. The summed E-state index contributed by atoms with van der Waals surface area (Å²) in [7, 11) is 10.8. The average molecular weight is 1150 g/mol. The molecule has 0 aromatic rings. The van der Waals surface area contributed by atoms with Crippen molar-refractivity contribution in [2.45, 2.75) is 321 Å². The highest BCUT2D eigenvalue weighted by Gasteiger charge is 2.15. The van der Waals surface area contributed by atoms with Crippen LogP contribution in [0.1, 0.15) is 309 Å². The van der Waals surface area contributed by atoms with Crippen molar-refractivity contribution in [2.75, 3.05) is 55.5 Å². The molecule has 0 aliphatic rings. The summed E-state index contributed by atoms with van der Waals surface area (Å²) in [5, 5.41) is 18.3. The van der Waals surface area contributed by atoms with Gasteiger partial charge in [0.05, 0.1) is 20.3 Å². The Morgan fingerprint density at radius 3 is 1.00 bits per heavy atom. The van der Waals surface area contributed by atoms with Crippen molar-refractivity contribution < 1.29 is 43.6 Å². The highest BCUT2D eigenvalue weighted by atomic mass is 16.5. The minimum atomic E-state index is -0.711. The molecule has 476 valence electrons. The first-order chi connectivity index (χ1) is 39.3. The van der Waals surface area contributed by atoms with Crippen LogP contribution >= 0.6 is 0 Å². The molecule has 11 heteroatoms. The van der Waals surface area contributed by atoms with Gasteiger partial charge >= 0.3 is 23.9 Å². The van der Waals surface area contributed by atoms with Crippen LogP contribution in [-0.2, 0) is 33.4 Å². The maximum absolute atomic E-state index is 12.4. The maximum Gasteiger partial charge on any atom is 0.306 e. The number of hydrogen-bond acceptors (Lipinski definition) is 10. The molecule has 0 aliphatic carbocycles. The predicted molar refractivity (Wildman–Crippen MR) is 345 cm³/mol. The van der Waals surface area contributed by atoms with E-state index >= 15 is 0 Å². The van der Waals surface area contributed by atoms with Crippen LogP contribution < -0.4 is 0 Å². The van der Waals surface area contributed by atoms with E-state index in [4.69, 9.17) is 14.6 Å². The number of methoxy groups -OCH3 is 2. The number of carbonyl (C=O) groups is 4. The second kappa shape index (κ2) is 69.2. The molecule has 2 N–H and O–H groups in total. The zero-order valence-electron chi connectivity index (χ0n) is 54.4. The Labute approximate surface area is 500 Å². The lowest BCUT2D eigenvalue weighted by molar-refractivity contribution is -0.150. The molecule has 0 saturated heterocycles. The van der Waals surface area contributed by atoms with Gasteiger partial charge in [0.2, 0.25) is 0 Å². The first kappa shape index (κ1) is 81.9. The summed E-state index contributed by atoms with van der Waals surface area (Å²) in [5.41, 5.74) is 0. The van der Waals surface area contributed by atoms with Crippen molar-refractivity contribution in [3.63, 3.8) is 0 Å². The fraction of sp³-hybridized carbons (Fsp3) is 0.829. The van der Waals surface area contributed by atoms with Crippen LogP contribution in [0.2, 0.25) is 0 Å². The standard InChI is InChI=1S/C35H65NO4.C29H54O3.C6H13NO2/c1-5-6-7-8-9-10-11-12-13-14-15-16-17-18-19-21-24-28-33(40-35(38)31-27-32-36(2)3)29-25-22-20-23-26-30-34(37)39-4;1-3-4-5-6-7-8-9-10-11-12-13-14-15-16-17-19-22-25-28(30)26-23-20-18-21-24-27-29(31)32-2;1-7(2)5-3-4-6(8)9/h9-10,12-13,33H,5-8,11,14-32H2,1-4H3;7-8,10-11,28,30H,3-6,9,12-27H2,1-2H3;3-5H2,1-2H3,(H,8,9)/b10-9-,13-12-;8-7-,11-10-;. The molecule has 0 saturated carbocycles. The van der Waals surface area contributed by atoms with Gasteiger partial charge in [0.1, 0.15) is 6.10 Å². The SMILES string of the molecule is CCCCC/C=C\C/C=C\CCCCCCCCCC(CCCCCCCC(=O)OC)OC(=O)CCCN(C)C.CCCCC/C=C\C/C=C\CCCCCCCCCC(O)CCCCCCCC(=O)OC.CN(C)CCCC(=O)O. The number of aliphatic hydroxyl groups excluding tert-OH is 1. The van der Waals surface area contributed by atoms with Crippen molar-refractivity contribution in [3.05, 3.63) is 48.6 Å². The summed E-state index contributed by atoms with van der Waals surface area (Å²) in [5.74, 6) is -0.978. The number of ether oxygens (including phenoxy) is 3. The van der Waals surface area contributed by atoms with Crippen LogP contribution in [0.25, 0.3) is 0 Å². The molecule has 0 rings (SSSR count). The first-order valence-electron chi connectivity index (χ1n) is 33.4. The third kappa shape index (κ3) is 76.7. The van der Waals surface area contributed by atoms with E-state index in [1.807, 2.05) is 33.1 Å². The van der Waals surface area contributed by atoms with Crippen molar-refractivity contribution in [3.8, 4) is 0 Å². The van der Waals surface area contributed by atoms with Gasteiger partial charge in [-0.25, -0.2) is 0 Å². The van der Waals surface area contributed by atoms with E-state index in [9.17, 15) is 24.3 Å². The molecular formula is C70H132N2O9. The molecule has 0 fully saturated rings. The largest absolute Gasteiger partial charge is 0.481 e. The number of carboxylic acids is 1. The number of hydrogen-bond donors (Lipinski definition) is 2. The van der Waals surface area contributed by atoms with Gasteiger partial charge in [0.25, 0.3) is 0 Å². The van der Waals surface area contributed by atoms with E-state index in [1.54, 1.807) is 0 Å². The van der Waals surface area contributed by atoms with E-state index in [0.29, 0.717) is 19.3 Å². The zero-order chi connectivity index (χ0) is 60.3. The molecule has 0 spiro atoms. The number of carboxylic acid groups (broad SMARTS) is 1. The summed E-state index contributed by atoms with van der Waals surface area (Å²) in [6.45, 7) is 6.27. The van der Waals surface area contributed by atoms with Gasteiger partial charge in [0.15, 0.2) is 0 Å². The van der Waals surface area contributed by atoms with Gasteiger partial charge in [-0.05, 0) is 170 Å². The fourth-order valence-corrected chi connectivity index (χ4v) is 9.37. The number of unbranched alkanes of at least 4 members (excludes halogenated alkanes) is 28. The monoisotopic (exact) mass is 1140 g/mol. The van der Waals surface area contributed by atoms with Crippen LogP contribution in [0.4, 0.5) is 0 Å². The highest BCUT2D eigenvalue weighted by molar-refractivity contribution is 5.70.